The highest BCUT2D eigenvalue weighted by Crippen LogP contribution is 2.12. The molecule has 17 heavy (non-hydrogen) atoms. The maximum absolute atomic E-state index is 9.51. The van der Waals surface area contributed by atoms with Crippen molar-refractivity contribution in [2.75, 3.05) is 33.0 Å². The van der Waals surface area contributed by atoms with Crippen LogP contribution in [0.5, 0.6) is 0 Å². The molecular weight excluding hydrogens is 220 g/mol. The van der Waals surface area contributed by atoms with E-state index < -0.39 is 6.10 Å². The molecule has 0 saturated heterocycles. The van der Waals surface area contributed by atoms with E-state index in [0.29, 0.717) is 19.1 Å². The van der Waals surface area contributed by atoms with E-state index in [2.05, 4.69) is 13.8 Å². The molecule has 0 saturated carbocycles. The molecule has 0 fully saturated rings. The van der Waals surface area contributed by atoms with Gasteiger partial charge in [0.1, 0.15) is 6.10 Å². The van der Waals surface area contributed by atoms with Gasteiger partial charge in [-0.15, -0.1) is 0 Å². The highest BCUT2D eigenvalue weighted by Gasteiger charge is 2.08. The minimum absolute atomic E-state index is 0.0114. The molecule has 2 unspecified atom stereocenters. The monoisotopic (exact) mass is 248 g/mol. The van der Waals surface area contributed by atoms with E-state index in [4.69, 9.17) is 14.6 Å². The van der Waals surface area contributed by atoms with Crippen LogP contribution in [0.25, 0.3) is 0 Å². The number of ether oxygens (including phenoxy) is 2. The third-order valence-corrected chi connectivity index (χ3v) is 2.75. The molecule has 2 N–H and O–H groups in total. The molecule has 4 heteroatoms. The SMILES string of the molecule is CCCCC(CC)COCC(O)COCCO. The van der Waals surface area contributed by atoms with Crippen LogP contribution in [0, 0.1) is 5.92 Å². The Morgan fingerprint density at radius 3 is 2.35 bits per heavy atom. The predicted octanol–water partition coefficient (Wildman–Crippen LogP) is 1.59. The fraction of sp³-hybridized carbons (Fsp3) is 1.00. The lowest BCUT2D eigenvalue weighted by Crippen LogP contribution is -2.24. The molecule has 0 aromatic carbocycles. The van der Waals surface area contributed by atoms with Gasteiger partial charge in [-0.25, -0.2) is 0 Å². The van der Waals surface area contributed by atoms with Gasteiger partial charge in [0.2, 0.25) is 0 Å². The second-order valence-corrected chi connectivity index (χ2v) is 4.41. The minimum atomic E-state index is -0.592. The Morgan fingerprint density at radius 1 is 1.06 bits per heavy atom. The number of aliphatic hydroxyl groups excluding tert-OH is 2. The van der Waals surface area contributed by atoms with Crippen LogP contribution >= 0.6 is 0 Å². The molecule has 4 nitrogen and oxygen atoms in total. The smallest absolute Gasteiger partial charge is 0.101 e. The second-order valence-electron chi connectivity index (χ2n) is 4.41. The average Bonchev–Trinajstić information content (AvgIpc) is 2.34. The molecule has 0 aromatic heterocycles. The van der Waals surface area contributed by atoms with E-state index in [1.54, 1.807) is 0 Å². The fourth-order valence-electron chi connectivity index (χ4n) is 1.60. The lowest BCUT2D eigenvalue weighted by molar-refractivity contribution is -0.0323. The van der Waals surface area contributed by atoms with Crippen molar-refractivity contribution in [3.63, 3.8) is 0 Å². The fourth-order valence-corrected chi connectivity index (χ4v) is 1.60. The summed E-state index contributed by atoms with van der Waals surface area (Å²) in [5.74, 6) is 0.598. The van der Waals surface area contributed by atoms with Gasteiger partial charge < -0.3 is 19.7 Å². The molecule has 0 aliphatic rings. The Morgan fingerprint density at radius 2 is 1.76 bits per heavy atom. The molecular formula is C13H28O4. The third kappa shape index (κ3) is 10.7. The first kappa shape index (κ1) is 16.8. The van der Waals surface area contributed by atoms with Crippen LogP contribution in [-0.4, -0.2) is 49.4 Å². The normalized spacial score (nSPS) is 14.8. The molecule has 0 aliphatic heterocycles. The van der Waals surface area contributed by atoms with E-state index in [0.717, 1.165) is 6.42 Å². The van der Waals surface area contributed by atoms with E-state index >= 15 is 0 Å². The van der Waals surface area contributed by atoms with Gasteiger partial charge in [0, 0.05) is 6.61 Å². The van der Waals surface area contributed by atoms with Crippen molar-refractivity contribution in [3.05, 3.63) is 0 Å². The number of rotatable bonds is 12. The summed E-state index contributed by atoms with van der Waals surface area (Å²) in [7, 11) is 0. The van der Waals surface area contributed by atoms with Crippen molar-refractivity contribution < 1.29 is 19.7 Å². The van der Waals surface area contributed by atoms with Crippen LogP contribution in [-0.2, 0) is 9.47 Å². The van der Waals surface area contributed by atoms with E-state index in [-0.39, 0.29) is 19.8 Å². The summed E-state index contributed by atoms with van der Waals surface area (Å²) in [6, 6.07) is 0. The van der Waals surface area contributed by atoms with Crippen molar-refractivity contribution in [3.8, 4) is 0 Å². The zero-order valence-corrected chi connectivity index (χ0v) is 11.2. The molecule has 0 amide bonds. The van der Waals surface area contributed by atoms with Gasteiger partial charge in [0.15, 0.2) is 0 Å². The third-order valence-electron chi connectivity index (χ3n) is 2.75. The Hall–Kier alpha value is -0.160. The maximum atomic E-state index is 9.51. The van der Waals surface area contributed by atoms with Crippen LogP contribution in [0.1, 0.15) is 39.5 Å². The summed E-state index contributed by atoms with van der Waals surface area (Å²) in [5.41, 5.74) is 0. The molecule has 0 bridgehead atoms. The first-order valence-electron chi connectivity index (χ1n) is 6.68. The molecule has 0 aromatic rings. The summed E-state index contributed by atoms with van der Waals surface area (Å²) in [5, 5.41) is 18.0. The summed E-state index contributed by atoms with van der Waals surface area (Å²) < 4.78 is 10.5. The van der Waals surface area contributed by atoms with Crippen LogP contribution in [0.2, 0.25) is 0 Å². The van der Waals surface area contributed by atoms with Gasteiger partial charge in [-0.2, -0.15) is 0 Å². The standard InChI is InChI=1S/C13H28O4/c1-3-5-6-12(4-2)9-17-11-13(15)10-16-8-7-14/h12-15H,3-11H2,1-2H3. The van der Waals surface area contributed by atoms with Gasteiger partial charge in [0.05, 0.1) is 26.4 Å². The molecule has 0 rings (SSSR count). The average molecular weight is 248 g/mol. The second kappa shape index (κ2) is 12.3. The van der Waals surface area contributed by atoms with Crippen LogP contribution in [0.4, 0.5) is 0 Å². The molecule has 0 aliphatic carbocycles. The lowest BCUT2D eigenvalue weighted by Gasteiger charge is -2.16. The van der Waals surface area contributed by atoms with Crippen molar-refractivity contribution in [2.24, 2.45) is 5.92 Å². The zero-order valence-electron chi connectivity index (χ0n) is 11.2. The van der Waals surface area contributed by atoms with Crippen molar-refractivity contribution in [1.82, 2.24) is 0 Å². The molecule has 104 valence electrons. The molecule has 0 spiro atoms. The van der Waals surface area contributed by atoms with Gasteiger partial charge in [-0.05, 0) is 12.3 Å². The quantitative estimate of drug-likeness (QED) is 0.515. The largest absolute Gasteiger partial charge is 0.394 e. The van der Waals surface area contributed by atoms with E-state index in [9.17, 15) is 5.11 Å². The van der Waals surface area contributed by atoms with Gasteiger partial charge in [-0.3, -0.25) is 0 Å². The predicted molar refractivity (Wildman–Crippen MR) is 68.0 cm³/mol. The molecule has 2 atom stereocenters. The van der Waals surface area contributed by atoms with E-state index in [1.165, 1.54) is 19.3 Å². The van der Waals surface area contributed by atoms with Crippen molar-refractivity contribution >= 4 is 0 Å². The Balaban J connectivity index is 3.45. The highest BCUT2D eigenvalue weighted by atomic mass is 16.5. The Bertz CT molecular complexity index is 152. The summed E-state index contributed by atoms with van der Waals surface area (Å²) in [6.45, 7) is 5.88. The van der Waals surface area contributed by atoms with Crippen LogP contribution < -0.4 is 0 Å². The highest BCUT2D eigenvalue weighted by molar-refractivity contribution is 4.58. The molecule has 0 radical (unpaired) electrons. The Labute approximate surface area is 105 Å². The van der Waals surface area contributed by atoms with Crippen molar-refractivity contribution in [2.45, 2.75) is 45.6 Å². The molecule has 0 heterocycles. The number of hydrogen-bond acceptors (Lipinski definition) is 4. The summed E-state index contributed by atoms with van der Waals surface area (Å²) in [4.78, 5) is 0. The van der Waals surface area contributed by atoms with Crippen LogP contribution in [0.3, 0.4) is 0 Å². The lowest BCUT2D eigenvalue weighted by atomic mass is 10.0. The zero-order chi connectivity index (χ0) is 12.9. The van der Waals surface area contributed by atoms with E-state index in [1.807, 2.05) is 0 Å². The van der Waals surface area contributed by atoms with Gasteiger partial charge in [-0.1, -0.05) is 33.1 Å². The summed E-state index contributed by atoms with van der Waals surface area (Å²) in [6.07, 6.45) is 4.18. The Kier molecular flexibility index (Phi) is 12.2. The number of aliphatic hydroxyl groups is 2. The first-order chi connectivity index (χ1) is 8.24. The minimum Gasteiger partial charge on any atom is -0.394 e. The van der Waals surface area contributed by atoms with Gasteiger partial charge in [0.25, 0.3) is 0 Å². The summed E-state index contributed by atoms with van der Waals surface area (Å²) >= 11 is 0. The first-order valence-corrected chi connectivity index (χ1v) is 6.68. The topological polar surface area (TPSA) is 58.9 Å². The maximum Gasteiger partial charge on any atom is 0.101 e. The van der Waals surface area contributed by atoms with Crippen molar-refractivity contribution in [1.29, 1.82) is 0 Å². The number of unbranched alkanes of at least 4 members (excludes halogenated alkanes) is 1. The van der Waals surface area contributed by atoms with Gasteiger partial charge >= 0.3 is 0 Å². The van der Waals surface area contributed by atoms with Crippen LogP contribution in [0.15, 0.2) is 0 Å². The number of hydrogen-bond donors (Lipinski definition) is 2.